The smallest absolute Gasteiger partial charge is 0.154 e. The van der Waals surface area contributed by atoms with Crippen molar-refractivity contribution in [2.45, 2.75) is 19.9 Å². The Hall–Kier alpha value is -1.42. The quantitative estimate of drug-likeness (QED) is 0.764. The molecular formula is C12H16N4. The monoisotopic (exact) mass is 216 g/mol. The van der Waals surface area contributed by atoms with E-state index in [1.54, 1.807) is 6.20 Å². The van der Waals surface area contributed by atoms with Gasteiger partial charge < -0.3 is 0 Å². The summed E-state index contributed by atoms with van der Waals surface area (Å²) >= 11 is 0. The number of hydrogen-bond acceptors (Lipinski definition) is 3. The molecule has 84 valence electrons. The molecule has 4 nitrogen and oxygen atoms in total. The number of nitrogens with zero attached hydrogens (tertiary/aromatic N) is 4. The molecule has 0 N–H and O–H groups in total. The van der Waals surface area contributed by atoms with Gasteiger partial charge in [-0.25, -0.2) is 9.50 Å². The first-order valence-corrected chi connectivity index (χ1v) is 5.82. The summed E-state index contributed by atoms with van der Waals surface area (Å²) in [4.78, 5) is 6.86. The van der Waals surface area contributed by atoms with Crippen LogP contribution in [-0.2, 0) is 6.54 Å². The summed E-state index contributed by atoms with van der Waals surface area (Å²) < 4.78 is 1.84. The van der Waals surface area contributed by atoms with Gasteiger partial charge in [-0.2, -0.15) is 5.10 Å². The van der Waals surface area contributed by atoms with Crippen molar-refractivity contribution in [2.24, 2.45) is 5.92 Å². The van der Waals surface area contributed by atoms with E-state index in [-0.39, 0.29) is 0 Å². The molecule has 1 aliphatic heterocycles. The van der Waals surface area contributed by atoms with Crippen molar-refractivity contribution in [3.05, 3.63) is 30.2 Å². The number of rotatable bonds is 2. The topological polar surface area (TPSA) is 33.4 Å². The molecular weight excluding hydrogens is 200 g/mol. The first kappa shape index (κ1) is 9.78. The SMILES string of the molecule is CC1CCN(Cc2cnc3ccnn3c2)C1. The third kappa shape index (κ3) is 1.80. The van der Waals surface area contributed by atoms with Gasteiger partial charge in [0.15, 0.2) is 5.65 Å². The van der Waals surface area contributed by atoms with E-state index < -0.39 is 0 Å². The molecule has 4 heteroatoms. The second-order valence-corrected chi connectivity index (χ2v) is 4.73. The Kier molecular flexibility index (Phi) is 2.36. The predicted molar refractivity (Wildman–Crippen MR) is 62.0 cm³/mol. The van der Waals surface area contributed by atoms with E-state index in [2.05, 4.69) is 28.1 Å². The Morgan fingerprint density at radius 2 is 2.44 bits per heavy atom. The van der Waals surface area contributed by atoms with E-state index >= 15 is 0 Å². The molecule has 1 aliphatic rings. The number of likely N-dealkylation sites (tertiary alicyclic amines) is 1. The minimum Gasteiger partial charge on any atom is -0.299 e. The molecule has 0 spiro atoms. The lowest BCUT2D eigenvalue weighted by Gasteiger charge is -2.14. The van der Waals surface area contributed by atoms with Crippen LogP contribution < -0.4 is 0 Å². The zero-order chi connectivity index (χ0) is 11.0. The van der Waals surface area contributed by atoms with Crippen LogP contribution in [0.5, 0.6) is 0 Å². The van der Waals surface area contributed by atoms with Crippen LogP contribution in [0.1, 0.15) is 18.9 Å². The molecule has 16 heavy (non-hydrogen) atoms. The van der Waals surface area contributed by atoms with Crippen molar-refractivity contribution < 1.29 is 0 Å². The van der Waals surface area contributed by atoms with Crippen LogP contribution in [0.15, 0.2) is 24.7 Å². The number of hydrogen-bond donors (Lipinski definition) is 0. The highest BCUT2D eigenvalue weighted by Gasteiger charge is 2.18. The highest BCUT2D eigenvalue weighted by atomic mass is 15.2. The van der Waals surface area contributed by atoms with Gasteiger partial charge in [0, 0.05) is 37.1 Å². The fraction of sp³-hybridized carbons (Fsp3) is 0.500. The normalized spacial score (nSPS) is 21.9. The molecule has 0 radical (unpaired) electrons. The molecule has 0 aliphatic carbocycles. The van der Waals surface area contributed by atoms with E-state index in [0.717, 1.165) is 18.1 Å². The van der Waals surface area contributed by atoms with Crippen molar-refractivity contribution in [3.63, 3.8) is 0 Å². The van der Waals surface area contributed by atoms with Gasteiger partial charge in [-0.05, 0) is 18.9 Å². The van der Waals surface area contributed by atoms with Crippen LogP contribution in [0.2, 0.25) is 0 Å². The number of fused-ring (bicyclic) bond motifs is 1. The minimum atomic E-state index is 0.835. The van der Waals surface area contributed by atoms with Gasteiger partial charge in [-0.1, -0.05) is 6.92 Å². The van der Waals surface area contributed by atoms with Gasteiger partial charge in [0.1, 0.15) is 0 Å². The molecule has 0 amide bonds. The van der Waals surface area contributed by atoms with Crippen LogP contribution in [0.25, 0.3) is 5.65 Å². The van der Waals surface area contributed by atoms with Gasteiger partial charge in [0.05, 0.1) is 6.20 Å². The Bertz CT molecular complexity index is 490. The summed E-state index contributed by atoms with van der Waals surface area (Å²) in [5.41, 5.74) is 2.16. The molecule has 1 unspecified atom stereocenters. The summed E-state index contributed by atoms with van der Waals surface area (Å²) in [6.45, 7) is 5.72. The molecule has 0 bridgehead atoms. The molecule has 0 saturated carbocycles. The first-order chi connectivity index (χ1) is 7.81. The molecule has 2 aromatic heterocycles. The van der Waals surface area contributed by atoms with Gasteiger partial charge in [0.2, 0.25) is 0 Å². The highest BCUT2D eigenvalue weighted by Crippen LogP contribution is 2.17. The first-order valence-electron chi connectivity index (χ1n) is 5.82. The van der Waals surface area contributed by atoms with E-state index in [4.69, 9.17) is 0 Å². The lowest BCUT2D eigenvalue weighted by molar-refractivity contribution is 0.319. The maximum Gasteiger partial charge on any atom is 0.154 e. The molecule has 0 aromatic carbocycles. The molecule has 3 rings (SSSR count). The van der Waals surface area contributed by atoms with E-state index in [1.807, 2.05) is 16.8 Å². The fourth-order valence-electron chi connectivity index (χ4n) is 2.36. The Morgan fingerprint density at radius 1 is 1.50 bits per heavy atom. The third-order valence-corrected chi connectivity index (χ3v) is 3.21. The summed E-state index contributed by atoms with van der Waals surface area (Å²) in [5.74, 6) is 0.835. The maximum atomic E-state index is 4.38. The standard InChI is InChI=1S/C12H16N4/c1-10-3-5-15(7-10)8-11-6-13-12-2-4-14-16(12)9-11/h2,4,6,9-10H,3,5,7-8H2,1H3. The predicted octanol–water partition coefficient (Wildman–Crippen LogP) is 1.57. The zero-order valence-corrected chi connectivity index (χ0v) is 9.50. The molecule has 1 atom stereocenters. The summed E-state index contributed by atoms with van der Waals surface area (Å²) in [5, 5.41) is 4.20. The Balaban J connectivity index is 1.78. The second kappa shape index (κ2) is 3.87. The third-order valence-electron chi connectivity index (χ3n) is 3.21. The highest BCUT2D eigenvalue weighted by molar-refractivity contribution is 5.35. The van der Waals surface area contributed by atoms with E-state index in [0.29, 0.717) is 0 Å². The van der Waals surface area contributed by atoms with E-state index in [9.17, 15) is 0 Å². The van der Waals surface area contributed by atoms with Crippen LogP contribution >= 0.6 is 0 Å². The van der Waals surface area contributed by atoms with Gasteiger partial charge >= 0.3 is 0 Å². The molecule has 1 fully saturated rings. The molecule has 3 heterocycles. The average Bonchev–Trinajstić information content (AvgIpc) is 2.87. The molecule has 2 aromatic rings. The largest absolute Gasteiger partial charge is 0.299 e. The summed E-state index contributed by atoms with van der Waals surface area (Å²) in [6.07, 6.45) is 7.13. The maximum absolute atomic E-state index is 4.38. The average molecular weight is 216 g/mol. The van der Waals surface area contributed by atoms with E-state index in [1.165, 1.54) is 25.1 Å². The molecule has 1 saturated heterocycles. The van der Waals surface area contributed by atoms with Gasteiger partial charge in [-0.3, -0.25) is 4.90 Å². The van der Waals surface area contributed by atoms with Crippen LogP contribution in [0.4, 0.5) is 0 Å². The van der Waals surface area contributed by atoms with Crippen LogP contribution in [0.3, 0.4) is 0 Å². The van der Waals surface area contributed by atoms with Crippen LogP contribution in [0, 0.1) is 5.92 Å². The fourth-order valence-corrected chi connectivity index (χ4v) is 2.36. The second-order valence-electron chi connectivity index (χ2n) is 4.73. The minimum absolute atomic E-state index is 0.835. The summed E-state index contributed by atoms with van der Waals surface area (Å²) in [7, 11) is 0. The van der Waals surface area contributed by atoms with Crippen molar-refractivity contribution in [2.75, 3.05) is 13.1 Å². The van der Waals surface area contributed by atoms with Gasteiger partial charge in [-0.15, -0.1) is 0 Å². The lowest BCUT2D eigenvalue weighted by atomic mass is 10.2. The zero-order valence-electron chi connectivity index (χ0n) is 9.50. The summed E-state index contributed by atoms with van der Waals surface area (Å²) in [6, 6.07) is 1.92. The Labute approximate surface area is 94.9 Å². The van der Waals surface area contributed by atoms with Crippen molar-refractivity contribution in [1.29, 1.82) is 0 Å². The lowest BCUT2D eigenvalue weighted by Crippen LogP contribution is -2.20. The van der Waals surface area contributed by atoms with Crippen molar-refractivity contribution >= 4 is 5.65 Å². The van der Waals surface area contributed by atoms with Crippen molar-refractivity contribution in [1.82, 2.24) is 19.5 Å². The Morgan fingerprint density at radius 3 is 3.25 bits per heavy atom. The van der Waals surface area contributed by atoms with Crippen LogP contribution in [-0.4, -0.2) is 32.6 Å². The van der Waals surface area contributed by atoms with Crippen molar-refractivity contribution in [3.8, 4) is 0 Å². The number of aromatic nitrogens is 3. The van der Waals surface area contributed by atoms with Gasteiger partial charge in [0.25, 0.3) is 0 Å².